The third-order valence-corrected chi connectivity index (χ3v) is 8.67. The third kappa shape index (κ3) is 6.36. The smallest absolute Gasteiger partial charge is 0.251 e. The predicted octanol–water partition coefficient (Wildman–Crippen LogP) is 2.96. The fraction of sp³-hybridized carbons (Fsp3) is 0.714. The molecule has 1 N–H and O–H groups in total. The van der Waals surface area contributed by atoms with E-state index >= 15 is 0 Å². The van der Waals surface area contributed by atoms with Gasteiger partial charge in [0.05, 0.1) is 6.54 Å². The van der Waals surface area contributed by atoms with E-state index in [1.54, 1.807) is 0 Å². The Morgan fingerprint density at radius 3 is 2.00 bits per heavy atom. The number of carbonyl (C=O) groups excluding carboxylic acids is 2. The van der Waals surface area contributed by atoms with E-state index in [0.717, 1.165) is 82.5 Å². The van der Waals surface area contributed by atoms with Gasteiger partial charge in [0, 0.05) is 75.7 Å². The highest BCUT2D eigenvalue weighted by Gasteiger charge is 2.30. The highest BCUT2D eigenvalue weighted by Crippen LogP contribution is 2.25. The molecular formula is C28H43N5O2. The summed E-state index contributed by atoms with van der Waals surface area (Å²) in [4.78, 5) is 34.9. The van der Waals surface area contributed by atoms with Crippen molar-refractivity contribution in [2.75, 3.05) is 63.8 Å². The van der Waals surface area contributed by atoms with Gasteiger partial charge in [0.1, 0.15) is 0 Å². The second-order valence-corrected chi connectivity index (χ2v) is 11.0. The average Bonchev–Trinajstić information content (AvgIpc) is 3.13. The van der Waals surface area contributed by atoms with E-state index in [-0.39, 0.29) is 11.8 Å². The average molecular weight is 482 g/mol. The molecule has 192 valence electrons. The lowest BCUT2D eigenvalue weighted by atomic mass is 9.91. The molecule has 2 aliphatic carbocycles. The van der Waals surface area contributed by atoms with Crippen LogP contribution < -0.4 is 10.2 Å². The van der Waals surface area contributed by atoms with Gasteiger partial charge in [0.2, 0.25) is 5.91 Å². The molecule has 2 saturated carbocycles. The number of anilines is 1. The van der Waals surface area contributed by atoms with E-state index in [0.29, 0.717) is 12.6 Å². The lowest BCUT2D eigenvalue weighted by Crippen LogP contribution is -2.56. The molecule has 4 fully saturated rings. The number of hydrogen-bond acceptors (Lipinski definition) is 5. The molecule has 2 saturated heterocycles. The van der Waals surface area contributed by atoms with Gasteiger partial charge in [-0.2, -0.15) is 0 Å². The number of benzene rings is 1. The van der Waals surface area contributed by atoms with Gasteiger partial charge in [-0.1, -0.05) is 32.1 Å². The molecule has 2 heterocycles. The molecule has 0 bridgehead atoms. The van der Waals surface area contributed by atoms with Crippen molar-refractivity contribution in [3.05, 3.63) is 29.8 Å². The monoisotopic (exact) mass is 481 g/mol. The SMILES string of the molecule is O=C(NC1CCCCCC1)c1ccc(N2CCN(CC(=O)N3CCN(C4CCC4)CC3)CC2)cc1. The van der Waals surface area contributed by atoms with Crippen molar-refractivity contribution in [3.63, 3.8) is 0 Å². The predicted molar refractivity (Wildman–Crippen MR) is 140 cm³/mol. The Labute approximate surface area is 210 Å². The first-order valence-electron chi connectivity index (χ1n) is 14.1. The molecule has 1 aromatic rings. The van der Waals surface area contributed by atoms with Gasteiger partial charge in [0.15, 0.2) is 0 Å². The van der Waals surface area contributed by atoms with Crippen LogP contribution in [0, 0.1) is 0 Å². The molecular weight excluding hydrogens is 438 g/mol. The summed E-state index contributed by atoms with van der Waals surface area (Å²) in [5, 5.41) is 3.24. The number of nitrogens with zero attached hydrogens (tertiary/aromatic N) is 4. The van der Waals surface area contributed by atoms with Crippen LogP contribution in [0.3, 0.4) is 0 Å². The van der Waals surface area contributed by atoms with E-state index in [9.17, 15) is 9.59 Å². The van der Waals surface area contributed by atoms with Gasteiger partial charge in [-0.05, 0) is 49.9 Å². The zero-order chi connectivity index (χ0) is 24.0. The Balaban J connectivity index is 1.04. The van der Waals surface area contributed by atoms with Gasteiger partial charge in [-0.3, -0.25) is 19.4 Å². The molecule has 1 aromatic carbocycles. The van der Waals surface area contributed by atoms with E-state index in [1.165, 1.54) is 44.9 Å². The molecule has 7 heteroatoms. The minimum atomic E-state index is 0.0558. The third-order valence-electron chi connectivity index (χ3n) is 8.67. The Hall–Kier alpha value is -2.12. The van der Waals surface area contributed by atoms with E-state index in [1.807, 2.05) is 12.1 Å². The van der Waals surface area contributed by atoms with E-state index in [4.69, 9.17) is 0 Å². The van der Waals surface area contributed by atoms with Crippen molar-refractivity contribution in [3.8, 4) is 0 Å². The van der Waals surface area contributed by atoms with Gasteiger partial charge in [-0.15, -0.1) is 0 Å². The lowest BCUT2D eigenvalue weighted by molar-refractivity contribution is -0.134. The van der Waals surface area contributed by atoms with E-state index < -0.39 is 0 Å². The van der Waals surface area contributed by atoms with Crippen LogP contribution in [0.4, 0.5) is 5.69 Å². The first kappa shape index (κ1) is 24.6. The number of nitrogens with one attached hydrogen (secondary N) is 1. The zero-order valence-corrected chi connectivity index (χ0v) is 21.3. The molecule has 0 unspecified atom stereocenters. The first-order valence-corrected chi connectivity index (χ1v) is 14.1. The summed E-state index contributed by atoms with van der Waals surface area (Å²) in [6.45, 7) is 8.02. The van der Waals surface area contributed by atoms with Crippen molar-refractivity contribution >= 4 is 17.5 Å². The summed E-state index contributed by atoms with van der Waals surface area (Å²) >= 11 is 0. The minimum absolute atomic E-state index is 0.0558. The molecule has 0 spiro atoms. The summed E-state index contributed by atoms with van der Waals surface area (Å²) < 4.78 is 0. The van der Waals surface area contributed by atoms with Crippen LogP contribution in [0.25, 0.3) is 0 Å². The van der Waals surface area contributed by atoms with Crippen LogP contribution >= 0.6 is 0 Å². The van der Waals surface area contributed by atoms with Crippen molar-refractivity contribution in [2.45, 2.75) is 69.9 Å². The van der Waals surface area contributed by atoms with Gasteiger partial charge in [0.25, 0.3) is 5.91 Å². The van der Waals surface area contributed by atoms with E-state index in [2.05, 4.69) is 37.0 Å². The van der Waals surface area contributed by atoms with Crippen molar-refractivity contribution < 1.29 is 9.59 Å². The molecule has 2 amide bonds. The second-order valence-electron chi connectivity index (χ2n) is 11.0. The fourth-order valence-corrected chi connectivity index (χ4v) is 6.06. The second kappa shape index (κ2) is 11.7. The number of rotatable bonds is 6. The molecule has 5 rings (SSSR count). The maximum absolute atomic E-state index is 12.9. The van der Waals surface area contributed by atoms with Gasteiger partial charge < -0.3 is 15.1 Å². The summed E-state index contributed by atoms with van der Waals surface area (Å²) in [6, 6.07) is 9.17. The standard InChI is InChI=1S/C28H43N5O2/c34-27(33-20-18-32(19-21-33)25-8-5-9-25)22-30-14-16-31(17-15-30)26-12-10-23(11-13-26)28(35)29-24-6-3-1-2-4-7-24/h10-13,24-25H,1-9,14-22H2,(H,29,35). The maximum atomic E-state index is 12.9. The molecule has 0 radical (unpaired) electrons. The summed E-state index contributed by atoms with van der Waals surface area (Å²) in [7, 11) is 0. The van der Waals surface area contributed by atoms with Gasteiger partial charge >= 0.3 is 0 Å². The molecule has 4 aliphatic rings. The van der Waals surface area contributed by atoms with Crippen LogP contribution in [0.15, 0.2) is 24.3 Å². The largest absolute Gasteiger partial charge is 0.369 e. The summed E-state index contributed by atoms with van der Waals surface area (Å²) in [5.74, 6) is 0.344. The Bertz CT molecular complexity index is 831. The normalized spacial score (nSPS) is 23.5. The van der Waals surface area contributed by atoms with Gasteiger partial charge in [-0.25, -0.2) is 0 Å². The number of amides is 2. The Morgan fingerprint density at radius 2 is 1.40 bits per heavy atom. The first-order chi connectivity index (χ1) is 17.2. The van der Waals surface area contributed by atoms with Crippen LogP contribution in [-0.4, -0.2) is 97.5 Å². The molecule has 0 aromatic heterocycles. The quantitative estimate of drug-likeness (QED) is 0.633. The number of piperazine rings is 2. The van der Waals surface area contributed by atoms with Crippen LogP contribution in [0.2, 0.25) is 0 Å². The minimum Gasteiger partial charge on any atom is -0.369 e. The summed E-state index contributed by atoms with van der Waals surface area (Å²) in [5.41, 5.74) is 1.91. The van der Waals surface area contributed by atoms with Crippen molar-refractivity contribution in [2.24, 2.45) is 0 Å². The van der Waals surface area contributed by atoms with Crippen molar-refractivity contribution in [1.82, 2.24) is 20.0 Å². The maximum Gasteiger partial charge on any atom is 0.251 e. The highest BCUT2D eigenvalue weighted by atomic mass is 16.2. The summed E-state index contributed by atoms with van der Waals surface area (Å²) in [6.07, 6.45) is 11.3. The lowest BCUT2D eigenvalue weighted by Gasteiger charge is -2.43. The Morgan fingerprint density at radius 1 is 0.743 bits per heavy atom. The molecule has 0 atom stereocenters. The molecule has 35 heavy (non-hydrogen) atoms. The fourth-order valence-electron chi connectivity index (χ4n) is 6.06. The van der Waals surface area contributed by atoms with Crippen LogP contribution in [-0.2, 0) is 4.79 Å². The van der Waals surface area contributed by atoms with Crippen LogP contribution in [0.1, 0.15) is 68.1 Å². The zero-order valence-electron chi connectivity index (χ0n) is 21.3. The Kier molecular flexibility index (Phi) is 8.24. The number of hydrogen-bond donors (Lipinski definition) is 1. The number of carbonyl (C=O) groups is 2. The molecule has 7 nitrogen and oxygen atoms in total. The van der Waals surface area contributed by atoms with Crippen molar-refractivity contribution in [1.29, 1.82) is 0 Å². The van der Waals surface area contributed by atoms with Crippen LogP contribution in [0.5, 0.6) is 0 Å². The topological polar surface area (TPSA) is 59.1 Å². The highest BCUT2D eigenvalue weighted by molar-refractivity contribution is 5.94. The molecule has 2 aliphatic heterocycles.